The van der Waals surface area contributed by atoms with Gasteiger partial charge in [-0.3, -0.25) is 5.84 Å². The van der Waals surface area contributed by atoms with Gasteiger partial charge in [-0.15, -0.1) is 0 Å². The SMILES string of the molecule is CCc1ccccc1C(NN)c1ccc(C)cc1. The Morgan fingerprint density at radius 3 is 2.33 bits per heavy atom. The molecule has 0 bridgehead atoms. The molecule has 94 valence electrons. The van der Waals surface area contributed by atoms with Crippen LogP contribution in [0.1, 0.15) is 35.2 Å². The molecule has 2 nitrogen and oxygen atoms in total. The number of benzene rings is 2. The van der Waals surface area contributed by atoms with Crippen molar-refractivity contribution in [3.63, 3.8) is 0 Å². The number of hydrogen-bond donors (Lipinski definition) is 2. The predicted molar refractivity (Wildman–Crippen MR) is 76.2 cm³/mol. The molecule has 2 aromatic rings. The van der Waals surface area contributed by atoms with Crippen molar-refractivity contribution in [3.8, 4) is 0 Å². The zero-order chi connectivity index (χ0) is 13.0. The fraction of sp³-hybridized carbons (Fsp3) is 0.250. The number of aryl methyl sites for hydroxylation is 2. The molecule has 2 aromatic carbocycles. The van der Waals surface area contributed by atoms with Crippen molar-refractivity contribution in [2.24, 2.45) is 5.84 Å². The fourth-order valence-electron chi connectivity index (χ4n) is 2.26. The van der Waals surface area contributed by atoms with Gasteiger partial charge in [0.05, 0.1) is 6.04 Å². The van der Waals surface area contributed by atoms with Crippen molar-refractivity contribution in [3.05, 3.63) is 70.8 Å². The first-order valence-electron chi connectivity index (χ1n) is 6.36. The number of hydrazine groups is 1. The highest BCUT2D eigenvalue weighted by molar-refractivity contribution is 5.38. The molecule has 0 radical (unpaired) electrons. The summed E-state index contributed by atoms with van der Waals surface area (Å²) in [6.45, 7) is 4.26. The second-order valence-electron chi connectivity index (χ2n) is 4.56. The first kappa shape index (κ1) is 12.8. The second kappa shape index (κ2) is 5.80. The summed E-state index contributed by atoms with van der Waals surface area (Å²) >= 11 is 0. The van der Waals surface area contributed by atoms with Crippen molar-refractivity contribution in [1.82, 2.24) is 5.43 Å². The molecule has 1 unspecified atom stereocenters. The van der Waals surface area contributed by atoms with E-state index in [1.807, 2.05) is 0 Å². The number of hydrogen-bond acceptors (Lipinski definition) is 2. The van der Waals surface area contributed by atoms with Crippen LogP contribution in [0.3, 0.4) is 0 Å². The normalized spacial score (nSPS) is 12.4. The van der Waals surface area contributed by atoms with Crippen LogP contribution in [0, 0.1) is 6.92 Å². The molecule has 2 rings (SSSR count). The van der Waals surface area contributed by atoms with Crippen molar-refractivity contribution in [2.75, 3.05) is 0 Å². The Morgan fingerprint density at radius 1 is 1.06 bits per heavy atom. The quantitative estimate of drug-likeness (QED) is 0.636. The lowest BCUT2D eigenvalue weighted by molar-refractivity contribution is 0.631. The standard InChI is InChI=1S/C16H20N2/c1-3-13-6-4-5-7-15(13)16(18-17)14-10-8-12(2)9-11-14/h4-11,16,18H,3,17H2,1-2H3. The Labute approximate surface area is 109 Å². The van der Waals surface area contributed by atoms with E-state index in [1.54, 1.807) is 0 Å². The minimum atomic E-state index is 0.0572. The van der Waals surface area contributed by atoms with Crippen LogP contribution in [0.4, 0.5) is 0 Å². The maximum absolute atomic E-state index is 5.75. The van der Waals surface area contributed by atoms with Gasteiger partial charge in [0.25, 0.3) is 0 Å². The molecule has 3 N–H and O–H groups in total. The summed E-state index contributed by atoms with van der Waals surface area (Å²) in [6, 6.07) is 17.0. The van der Waals surface area contributed by atoms with Gasteiger partial charge >= 0.3 is 0 Å². The van der Waals surface area contributed by atoms with E-state index in [9.17, 15) is 0 Å². The molecule has 0 spiro atoms. The summed E-state index contributed by atoms with van der Waals surface area (Å²) in [6.07, 6.45) is 1.01. The molecule has 0 aliphatic rings. The van der Waals surface area contributed by atoms with Gasteiger partial charge < -0.3 is 0 Å². The van der Waals surface area contributed by atoms with E-state index in [0.29, 0.717) is 0 Å². The van der Waals surface area contributed by atoms with Gasteiger partial charge in [-0.2, -0.15) is 0 Å². The maximum Gasteiger partial charge on any atom is 0.0712 e. The van der Waals surface area contributed by atoms with Gasteiger partial charge in [-0.25, -0.2) is 5.43 Å². The Bertz CT molecular complexity index is 503. The van der Waals surface area contributed by atoms with E-state index in [0.717, 1.165) is 6.42 Å². The molecule has 1 atom stereocenters. The van der Waals surface area contributed by atoms with Gasteiger partial charge in [0.1, 0.15) is 0 Å². The van der Waals surface area contributed by atoms with Crippen LogP contribution in [0.25, 0.3) is 0 Å². The first-order chi connectivity index (χ1) is 8.76. The van der Waals surface area contributed by atoms with Crippen LogP contribution in [0.5, 0.6) is 0 Å². The molecule has 18 heavy (non-hydrogen) atoms. The topological polar surface area (TPSA) is 38.0 Å². The Hall–Kier alpha value is -1.64. The van der Waals surface area contributed by atoms with Crippen molar-refractivity contribution in [1.29, 1.82) is 0 Å². The second-order valence-corrected chi connectivity index (χ2v) is 4.56. The lowest BCUT2D eigenvalue weighted by Crippen LogP contribution is -2.29. The van der Waals surface area contributed by atoms with Crippen LogP contribution in [0.2, 0.25) is 0 Å². The van der Waals surface area contributed by atoms with E-state index >= 15 is 0 Å². The molecule has 2 heteroatoms. The molecule has 0 saturated heterocycles. The van der Waals surface area contributed by atoms with Gasteiger partial charge in [-0.05, 0) is 30.0 Å². The third-order valence-corrected chi connectivity index (χ3v) is 3.32. The van der Waals surface area contributed by atoms with Crippen LogP contribution in [-0.2, 0) is 6.42 Å². The summed E-state index contributed by atoms with van der Waals surface area (Å²) in [7, 11) is 0. The van der Waals surface area contributed by atoms with Gasteiger partial charge in [0, 0.05) is 0 Å². The van der Waals surface area contributed by atoms with Crippen molar-refractivity contribution >= 4 is 0 Å². The average molecular weight is 240 g/mol. The third-order valence-electron chi connectivity index (χ3n) is 3.32. The molecule has 0 heterocycles. The zero-order valence-corrected chi connectivity index (χ0v) is 11.0. The molecular weight excluding hydrogens is 220 g/mol. The fourth-order valence-corrected chi connectivity index (χ4v) is 2.26. The average Bonchev–Trinajstić information content (AvgIpc) is 2.42. The van der Waals surface area contributed by atoms with Gasteiger partial charge in [-0.1, -0.05) is 61.0 Å². The number of nitrogens with two attached hydrogens (primary N) is 1. The molecule has 0 aromatic heterocycles. The molecule has 0 aliphatic heterocycles. The Morgan fingerprint density at radius 2 is 1.72 bits per heavy atom. The summed E-state index contributed by atoms with van der Waals surface area (Å²) in [5, 5.41) is 0. The number of nitrogens with one attached hydrogen (secondary N) is 1. The van der Waals surface area contributed by atoms with Gasteiger partial charge in [0.2, 0.25) is 0 Å². The molecule has 0 aliphatic carbocycles. The molecule has 0 amide bonds. The van der Waals surface area contributed by atoms with Crippen LogP contribution in [0.15, 0.2) is 48.5 Å². The van der Waals surface area contributed by atoms with E-state index in [4.69, 9.17) is 5.84 Å². The summed E-state index contributed by atoms with van der Waals surface area (Å²) in [4.78, 5) is 0. The van der Waals surface area contributed by atoms with Crippen LogP contribution in [-0.4, -0.2) is 0 Å². The minimum absolute atomic E-state index is 0.0572. The molecule has 0 saturated carbocycles. The zero-order valence-electron chi connectivity index (χ0n) is 11.0. The van der Waals surface area contributed by atoms with E-state index in [1.165, 1.54) is 22.3 Å². The van der Waals surface area contributed by atoms with Crippen LogP contribution >= 0.6 is 0 Å². The summed E-state index contributed by atoms with van der Waals surface area (Å²) < 4.78 is 0. The van der Waals surface area contributed by atoms with E-state index in [2.05, 4.69) is 67.8 Å². The lowest BCUT2D eigenvalue weighted by atomic mass is 9.93. The van der Waals surface area contributed by atoms with E-state index in [-0.39, 0.29) is 6.04 Å². The largest absolute Gasteiger partial charge is 0.271 e. The predicted octanol–water partition coefficient (Wildman–Crippen LogP) is 3.11. The highest BCUT2D eigenvalue weighted by Gasteiger charge is 2.14. The molecular formula is C16H20N2. The minimum Gasteiger partial charge on any atom is -0.271 e. The number of rotatable bonds is 4. The van der Waals surface area contributed by atoms with Crippen LogP contribution < -0.4 is 11.3 Å². The third kappa shape index (κ3) is 2.61. The Balaban J connectivity index is 2.41. The first-order valence-corrected chi connectivity index (χ1v) is 6.36. The van der Waals surface area contributed by atoms with E-state index < -0.39 is 0 Å². The maximum atomic E-state index is 5.75. The monoisotopic (exact) mass is 240 g/mol. The van der Waals surface area contributed by atoms with Gasteiger partial charge in [0.15, 0.2) is 0 Å². The summed E-state index contributed by atoms with van der Waals surface area (Å²) in [5.41, 5.74) is 7.98. The lowest BCUT2D eigenvalue weighted by Gasteiger charge is -2.20. The Kier molecular flexibility index (Phi) is 4.13. The highest BCUT2D eigenvalue weighted by atomic mass is 15.2. The molecule has 0 fully saturated rings. The smallest absolute Gasteiger partial charge is 0.0712 e. The van der Waals surface area contributed by atoms with Crippen molar-refractivity contribution < 1.29 is 0 Å². The highest BCUT2D eigenvalue weighted by Crippen LogP contribution is 2.25. The summed E-state index contributed by atoms with van der Waals surface area (Å²) in [5.74, 6) is 5.75. The van der Waals surface area contributed by atoms with Crippen molar-refractivity contribution in [2.45, 2.75) is 26.3 Å².